The van der Waals surface area contributed by atoms with E-state index in [4.69, 9.17) is 0 Å². The van der Waals surface area contributed by atoms with Gasteiger partial charge < -0.3 is 5.32 Å². The summed E-state index contributed by atoms with van der Waals surface area (Å²) < 4.78 is 0. The standard InChI is InChI=1S/C11H13NS2/c1-8-5-13-7-11(8)12-4-10-3-9(2)14-6-10/h3,5-7,12H,4H2,1-2H3. The SMILES string of the molecule is Cc1cc(CNc2cscc2C)cs1. The van der Waals surface area contributed by atoms with Crippen LogP contribution in [0.2, 0.25) is 0 Å². The van der Waals surface area contributed by atoms with E-state index in [1.165, 1.54) is 21.7 Å². The Kier molecular flexibility index (Phi) is 2.89. The molecule has 0 aliphatic carbocycles. The van der Waals surface area contributed by atoms with Crippen molar-refractivity contribution in [2.24, 2.45) is 0 Å². The van der Waals surface area contributed by atoms with Crippen molar-refractivity contribution in [1.29, 1.82) is 0 Å². The van der Waals surface area contributed by atoms with Crippen molar-refractivity contribution < 1.29 is 0 Å². The van der Waals surface area contributed by atoms with Gasteiger partial charge in [0.05, 0.1) is 0 Å². The van der Waals surface area contributed by atoms with Gasteiger partial charge in [0, 0.05) is 22.5 Å². The lowest BCUT2D eigenvalue weighted by Crippen LogP contribution is -1.97. The van der Waals surface area contributed by atoms with Gasteiger partial charge >= 0.3 is 0 Å². The van der Waals surface area contributed by atoms with Crippen LogP contribution in [0.4, 0.5) is 5.69 Å². The second-order valence-corrected chi connectivity index (χ2v) is 5.25. The molecule has 0 fully saturated rings. The smallest absolute Gasteiger partial charge is 0.0481 e. The number of anilines is 1. The van der Waals surface area contributed by atoms with Crippen LogP contribution in [0.25, 0.3) is 0 Å². The van der Waals surface area contributed by atoms with Crippen molar-refractivity contribution in [3.8, 4) is 0 Å². The Hall–Kier alpha value is -0.800. The van der Waals surface area contributed by atoms with E-state index in [9.17, 15) is 0 Å². The minimum absolute atomic E-state index is 0.932. The third-order valence-electron chi connectivity index (χ3n) is 2.12. The minimum atomic E-state index is 0.932. The van der Waals surface area contributed by atoms with Gasteiger partial charge in [0.25, 0.3) is 0 Å². The topological polar surface area (TPSA) is 12.0 Å². The summed E-state index contributed by atoms with van der Waals surface area (Å²) in [4.78, 5) is 1.38. The van der Waals surface area contributed by atoms with Crippen molar-refractivity contribution in [3.63, 3.8) is 0 Å². The van der Waals surface area contributed by atoms with Gasteiger partial charge in [-0.05, 0) is 41.8 Å². The molecule has 2 heterocycles. The maximum Gasteiger partial charge on any atom is 0.0481 e. The summed E-state index contributed by atoms with van der Waals surface area (Å²) in [6.45, 7) is 5.21. The van der Waals surface area contributed by atoms with Crippen LogP contribution in [-0.4, -0.2) is 0 Å². The molecule has 0 amide bonds. The molecule has 0 saturated heterocycles. The van der Waals surface area contributed by atoms with Gasteiger partial charge in [-0.3, -0.25) is 0 Å². The third kappa shape index (κ3) is 2.16. The Balaban J connectivity index is 1.98. The number of hydrogen-bond donors (Lipinski definition) is 1. The molecule has 0 unspecified atom stereocenters. The van der Waals surface area contributed by atoms with Crippen LogP contribution in [0, 0.1) is 13.8 Å². The van der Waals surface area contributed by atoms with Crippen molar-refractivity contribution in [2.75, 3.05) is 5.32 Å². The maximum atomic E-state index is 3.44. The predicted molar refractivity (Wildman–Crippen MR) is 65.4 cm³/mol. The number of rotatable bonds is 3. The summed E-state index contributed by atoms with van der Waals surface area (Å²) in [5.74, 6) is 0. The maximum absolute atomic E-state index is 3.44. The largest absolute Gasteiger partial charge is 0.380 e. The van der Waals surface area contributed by atoms with Crippen molar-refractivity contribution >= 4 is 28.4 Å². The van der Waals surface area contributed by atoms with Gasteiger partial charge in [-0.15, -0.1) is 22.7 Å². The summed E-state index contributed by atoms with van der Waals surface area (Å²) in [5.41, 5.74) is 3.97. The highest BCUT2D eigenvalue weighted by Gasteiger charge is 1.99. The Morgan fingerprint density at radius 2 is 2.07 bits per heavy atom. The first-order valence-electron chi connectivity index (χ1n) is 4.56. The molecule has 0 aliphatic rings. The number of thiophene rings is 2. The Morgan fingerprint density at radius 1 is 1.21 bits per heavy atom. The van der Waals surface area contributed by atoms with Crippen molar-refractivity contribution in [3.05, 3.63) is 38.2 Å². The predicted octanol–water partition coefficient (Wildman–Crippen LogP) is 4.04. The fourth-order valence-electron chi connectivity index (χ4n) is 1.33. The van der Waals surface area contributed by atoms with E-state index in [0.29, 0.717) is 0 Å². The Bertz CT molecular complexity index is 414. The fraction of sp³-hybridized carbons (Fsp3) is 0.273. The first kappa shape index (κ1) is 9.74. The molecule has 74 valence electrons. The average molecular weight is 223 g/mol. The van der Waals surface area contributed by atoms with Gasteiger partial charge in [0.15, 0.2) is 0 Å². The fourth-order valence-corrected chi connectivity index (χ4v) is 2.84. The van der Waals surface area contributed by atoms with Gasteiger partial charge in [-0.1, -0.05) is 0 Å². The van der Waals surface area contributed by atoms with E-state index in [0.717, 1.165) is 6.54 Å². The zero-order valence-corrected chi connectivity index (χ0v) is 9.97. The quantitative estimate of drug-likeness (QED) is 0.828. The van der Waals surface area contributed by atoms with Gasteiger partial charge in [-0.2, -0.15) is 0 Å². The highest BCUT2D eigenvalue weighted by Crippen LogP contribution is 2.21. The lowest BCUT2D eigenvalue weighted by molar-refractivity contribution is 1.16. The molecule has 0 aromatic carbocycles. The van der Waals surface area contributed by atoms with E-state index in [1.807, 2.05) is 11.3 Å². The summed E-state index contributed by atoms with van der Waals surface area (Å²) >= 11 is 3.56. The van der Waals surface area contributed by atoms with E-state index in [-0.39, 0.29) is 0 Å². The lowest BCUT2D eigenvalue weighted by atomic mass is 10.3. The van der Waals surface area contributed by atoms with Crippen LogP contribution in [-0.2, 0) is 6.54 Å². The van der Waals surface area contributed by atoms with Gasteiger partial charge in [-0.25, -0.2) is 0 Å². The molecule has 0 atom stereocenters. The van der Waals surface area contributed by atoms with Crippen molar-refractivity contribution in [2.45, 2.75) is 20.4 Å². The highest BCUT2D eigenvalue weighted by atomic mass is 32.1. The summed E-state index contributed by atoms with van der Waals surface area (Å²) in [6, 6.07) is 2.24. The van der Waals surface area contributed by atoms with Crippen LogP contribution in [0.5, 0.6) is 0 Å². The summed E-state index contributed by atoms with van der Waals surface area (Å²) in [6.07, 6.45) is 0. The van der Waals surface area contributed by atoms with Crippen molar-refractivity contribution in [1.82, 2.24) is 0 Å². The molecule has 1 N–H and O–H groups in total. The molecule has 2 aromatic rings. The van der Waals surface area contributed by atoms with Crippen LogP contribution in [0.3, 0.4) is 0 Å². The molecule has 2 rings (SSSR count). The monoisotopic (exact) mass is 223 g/mol. The van der Waals surface area contributed by atoms with Crippen LogP contribution in [0.1, 0.15) is 16.0 Å². The molecule has 3 heteroatoms. The Morgan fingerprint density at radius 3 is 2.64 bits per heavy atom. The second-order valence-electron chi connectivity index (χ2n) is 3.39. The van der Waals surface area contributed by atoms with E-state index < -0.39 is 0 Å². The van der Waals surface area contributed by atoms with Crippen LogP contribution >= 0.6 is 22.7 Å². The molecule has 14 heavy (non-hydrogen) atoms. The first-order valence-corrected chi connectivity index (χ1v) is 6.38. The zero-order chi connectivity index (χ0) is 9.97. The molecule has 0 saturated carbocycles. The molecule has 0 radical (unpaired) electrons. The molecule has 2 aromatic heterocycles. The normalized spacial score (nSPS) is 10.4. The van der Waals surface area contributed by atoms with E-state index in [1.54, 1.807) is 11.3 Å². The first-order chi connectivity index (χ1) is 6.75. The van der Waals surface area contributed by atoms with E-state index >= 15 is 0 Å². The number of hydrogen-bond acceptors (Lipinski definition) is 3. The van der Waals surface area contributed by atoms with E-state index in [2.05, 4.69) is 41.4 Å². The highest BCUT2D eigenvalue weighted by molar-refractivity contribution is 7.10. The lowest BCUT2D eigenvalue weighted by Gasteiger charge is -2.03. The molecular weight excluding hydrogens is 210 g/mol. The second kappa shape index (κ2) is 4.15. The van der Waals surface area contributed by atoms with Gasteiger partial charge in [0.2, 0.25) is 0 Å². The average Bonchev–Trinajstić information content (AvgIpc) is 2.72. The number of aryl methyl sites for hydroxylation is 2. The van der Waals surface area contributed by atoms with Crippen LogP contribution < -0.4 is 5.32 Å². The minimum Gasteiger partial charge on any atom is -0.380 e. The number of nitrogens with one attached hydrogen (secondary N) is 1. The van der Waals surface area contributed by atoms with Gasteiger partial charge in [0.1, 0.15) is 0 Å². The molecule has 1 nitrogen and oxygen atoms in total. The zero-order valence-electron chi connectivity index (χ0n) is 8.33. The Labute approximate surface area is 92.4 Å². The van der Waals surface area contributed by atoms with Crippen LogP contribution in [0.15, 0.2) is 22.2 Å². The molecule has 0 aliphatic heterocycles. The summed E-state index contributed by atoms with van der Waals surface area (Å²) in [5, 5.41) is 9.98. The molecular formula is C11H13NS2. The summed E-state index contributed by atoms with van der Waals surface area (Å²) in [7, 11) is 0. The molecule has 0 spiro atoms. The molecule has 0 bridgehead atoms. The third-order valence-corrected chi connectivity index (χ3v) is 3.90.